The summed E-state index contributed by atoms with van der Waals surface area (Å²) in [7, 11) is 1.69. The molecule has 0 saturated carbocycles. The Labute approximate surface area is 119 Å². The smallest absolute Gasteiger partial charge is 0.119 e. The SMILES string of the molecule is CC[C@H](N)c1ccc(Sc2cccc(OC)c2)cc1. The maximum Gasteiger partial charge on any atom is 0.119 e. The lowest BCUT2D eigenvalue weighted by molar-refractivity contribution is 0.413. The molecule has 1 atom stereocenters. The van der Waals surface area contributed by atoms with Crippen LogP contribution in [0.4, 0.5) is 0 Å². The molecular weight excluding hydrogens is 254 g/mol. The topological polar surface area (TPSA) is 35.2 Å². The van der Waals surface area contributed by atoms with Crippen LogP contribution in [0.2, 0.25) is 0 Å². The van der Waals surface area contributed by atoms with Gasteiger partial charge in [0.25, 0.3) is 0 Å². The molecule has 0 amide bonds. The maximum absolute atomic E-state index is 6.01. The van der Waals surface area contributed by atoms with Gasteiger partial charge in [0.05, 0.1) is 7.11 Å². The van der Waals surface area contributed by atoms with Gasteiger partial charge < -0.3 is 10.5 Å². The number of hydrogen-bond acceptors (Lipinski definition) is 3. The van der Waals surface area contributed by atoms with Crippen molar-refractivity contribution >= 4 is 11.8 Å². The van der Waals surface area contributed by atoms with Crippen LogP contribution in [0.3, 0.4) is 0 Å². The van der Waals surface area contributed by atoms with Gasteiger partial charge in [-0.25, -0.2) is 0 Å². The highest BCUT2D eigenvalue weighted by Gasteiger charge is 2.04. The number of nitrogens with two attached hydrogens (primary N) is 1. The van der Waals surface area contributed by atoms with Gasteiger partial charge in [0, 0.05) is 15.8 Å². The first-order chi connectivity index (χ1) is 9.22. The molecule has 0 fully saturated rings. The maximum atomic E-state index is 6.01. The Morgan fingerprint density at radius 2 is 1.84 bits per heavy atom. The van der Waals surface area contributed by atoms with Crippen LogP contribution in [0.15, 0.2) is 58.3 Å². The van der Waals surface area contributed by atoms with Crippen molar-refractivity contribution in [1.82, 2.24) is 0 Å². The van der Waals surface area contributed by atoms with Gasteiger partial charge in [-0.3, -0.25) is 0 Å². The summed E-state index contributed by atoms with van der Waals surface area (Å²) in [5, 5.41) is 0. The van der Waals surface area contributed by atoms with E-state index >= 15 is 0 Å². The zero-order valence-corrected chi connectivity index (χ0v) is 12.1. The van der Waals surface area contributed by atoms with Gasteiger partial charge in [0.15, 0.2) is 0 Å². The van der Waals surface area contributed by atoms with Crippen molar-refractivity contribution in [2.45, 2.75) is 29.2 Å². The fourth-order valence-corrected chi connectivity index (χ4v) is 2.69. The van der Waals surface area contributed by atoms with Crippen molar-refractivity contribution in [3.05, 3.63) is 54.1 Å². The lowest BCUT2D eigenvalue weighted by Gasteiger charge is -2.10. The van der Waals surface area contributed by atoms with Crippen molar-refractivity contribution in [3.8, 4) is 5.75 Å². The molecule has 2 nitrogen and oxygen atoms in total. The third kappa shape index (κ3) is 3.75. The minimum absolute atomic E-state index is 0.135. The second kappa shape index (κ2) is 6.64. The van der Waals surface area contributed by atoms with Crippen LogP contribution in [-0.2, 0) is 0 Å². The Balaban J connectivity index is 2.10. The minimum Gasteiger partial charge on any atom is -0.497 e. The van der Waals surface area contributed by atoms with Crippen LogP contribution >= 0.6 is 11.8 Å². The molecule has 2 rings (SSSR count). The van der Waals surface area contributed by atoms with Gasteiger partial charge in [-0.05, 0) is 42.3 Å². The van der Waals surface area contributed by atoms with E-state index in [9.17, 15) is 0 Å². The molecule has 0 spiro atoms. The van der Waals surface area contributed by atoms with E-state index in [-0.39, 0.29) is 6.04 Å². The van der Waals surface area contributed by atoms with Crippen molar-refractivity contribution in [2.75, 3.05) is 7.11 Å². The van der Waals surface area contributed by atoms with Gasteiger partial charge in [0.1, 0.15) is 5.75 Å². The zero-order chi connectivity index (χ0) is 13.7. The molecule has 0 unspecified atom stereocenters. The van der Waals surface area contributed by atoms with Crippen molar-refractivity contribution in [1.29, 1.82) is 0 Å². The van der Waals surface area contributed by atoms with Gasteiger partial charge in [-0.2, -0.15) is 0 Å². The lowest BCUT2D eigenvalue weighted by atomic mass is 10.1. The van der Waals surface area contributed by atoms with Gasteiger partial charge in [0.2, 0.25) is 0 Å². The number of rotatable bonds is 5. The predicted molar refractivity (Wildman–Crippen MR) is 80.8 cm³/mol. The lowest BCUT2D eigenvalue weighted by Crippen LogP contribution is -2.07. The third-order valence-electron chi connectivity index (χ3n) is 3.02. The van der Waals surface area contributed by atoms with Crippen LogP contribution in [0.5, 0.6) is 5.75 Å². The molecule has 0 heterocycles. The summed E-state index contributed by atoms with van der Waals surface area (Å²) in [5.41, 5.74) is 7.20. The molecule has 3 heteroatoms. The molecule has 100 valence electrons. The van der Waals surface area contributed by atoms with Crippen molar-refractivity contribution < 1.29 is 4.74 Å². The van der Waals surface area contributed by atoms with Crippen LogP contribution in [0.1, 0.15) is 24.9 Å². The molecule has 2 aromatic carbocycles. The Morgan fingerprint density at radius 1 is 1.11 bits per heavy atom. The van der Waals surface area contributed by atoms with E-state index in [1.165, 1.54) is 15.4 Å². The molecule has 0 radical (unpaired) electrons. The minimum atomic E-state index is 0.135. The van der Waals surface area contributed by atoms with Crippen LogP contribution in [-0.4, -0.2) is 7.11 Å². The largest absolute Gasteiger partial charge is 0.497 e. The van der Waals surface area contributed by atoms with E-state index in [1.54, 1.807) is 18.9 Å². The van der Waals surface area contributed by atoms with Gasteiger partial charge in [-0.15, -0.1) is 0 Å². The molecule has 2 N–H and O–H groups in total. The first-order valence-corrected chi connectivity index (χ1v) is 7.22. The van der Waals surface area contributed by atoms with E-state index in [0.717, 1.165) is 12.2 Å². The second-order valence-corrected chi connectivity index (χ2v) is 5.51. The summed E-state index contributed by atoms with van der Waals surface area (Å²) < 4.78 is 5.23. The molecular formula is C16H19NOS. The highest BCUT2D eigenvalue weighted by molar-refractivity contribution is 7.99. The molecule has 0 saturated heterocycles. The van der Waals surface area contributed by atoms with E-state index in [4.69, 9.17) is 10.5 Å². The van der Waals surface area contributed by atoms with E-state index in [2.05, 4.69) is 37.3 Å². The first kappa shape index (κ1) is 14.0. The normalized spacial score (nSPS) is 12.2. The Bertz CT molecular complexity index is 525. The summed E-state index contributed by atoms with van der Waals surface area (Å²) in [4.78, 5) is 2.38. The molecule has 0 aromatic heterocycles. The molecule has 0 aliphatic heterocycles. The Hall–Kier alpha value is -1.45. The predicted octanol–water partition coefficient (Wildman–Crippen LogP) is 4.26. The highest BCUT2D eigenvalue weighted by Crippen LogP contribution is 2.30. The molecule has 2 aromatic rings. The van der Waals surface area contributed by atoms with Gasteiger partial charge >= 0.3 is 0 Å². The summed E-state index contributed by atoms with van der Waals surface area (Å²) in [6.45, 7) is 2.10. The fraction of sp³-hybridized carbons (Fsp3) is 0.250. The Kier molecular flexibility index (Phi) is 4.88. The monoisotopic (exact) mass is 273 g/mol. The average molecular weight is 273 g/mol. The summed E-state index contributed by atoms with van der Waals surface area (Å²) in [6.07, 6.45) is 0.961. The average Bonchev–Trinajstić information content (AvgIpc) is 2.47. The Morgan fingerprint density at radius 3 is 2.47 bits per heavy atom. The van der Waals surface area contributed by atoms with E-state index < -0.39 is 0 Å². The summed E-state index contributed by atoms with van der Waals surface area (Å²) in [6, 6.07) is 16.7. The van der Waals surface area contributed by atoms with Crippen LogP contribution < -0.4 is 10.5 Å². The van der Waals surface area contributed by atoms with Crippen molar-refractivity contribution in [3.63, 3.8) is 0 Å². The van der Waals surface area contributed by atoms with Crippen LogP contribution in [0, 0.1) is 0 Å². The second-order valence-electron chi connectivity index (χ2n) is 4.36. The molecule has 0 aliphatic rings. The number of hydrogen-bond donors (Lipinski definition) is 1. The number of benzene rings is 2. The zero-order valence-electron chi connectivity index (χ0n) is 11.3. The van der Waals surface area contributed by atoms with Crippen molar-refractivity contribution in [2.24, 2.45) is 5.73 Å². The van der Waals surface area contributed by atoms with E-state index in [0.29, 0.717) is 0 Å². The quantitative estimate of drug-likeness (QED) is 0.884. The summed E-state index contributed by atoms with van der Waals surface area (Å²) >= 11 is 1.72. The first-order valence-electron chi connectivity index (χ1n) is 6.40. The third-order valence-corrected chi connectivity index (χ3v) is 4.02. The fourth-order valence-electron chi connectivity index (χ4n) is 1.82. The van der Waals surface area contributed by atoms with Crippen LogP contribution in [0.25, 0.3) is 0 Å². The molecule has 19 heavy (non-hydrogen) atoms. The highest BCUT2D eigenvalue weighted by atomic mass is 32.2. The summed E-state index contributed by atoms with van der Waals surface area (Å²) in [5.74, 6) is 0.884. The number of methoxy groups -OCH3 is 1. The van der Waals surface area contributed by atoms with Gasteiger partial charge in [-0.1, -0.05) is 36.9 Å². The molecule has 0 aliphatic carbocycles. The van der Waals surface area contributed by atoms with E-state index in [1.807, 2.05) is 18.2 Å². The number of ether oxygens (including phenoxy) is 1. The standard InChI is InChI=1S/C16H19NOS/c1-3-16(17)12-7-9-14(10-8-12)19-15-6-4-5-13(11-15)18-2/h4-11,16H,3,17H2,1-2H3/t16-/m0/s1. The molecule has 0 bridgehead atoms.